The number of nitrogens with zero attached hydrogens (tertiary/aromatic N) is 2. The highest BCUT2D eigenvalue weighted by Gasteiger charge is 2.41. The van der Waals surface area contributed by atoms with Gasteiger partial charge in [0.15, 0.2) is 11.6 Å². The number of pyridine rings is 1. The molecule has 38 heavy (non-hydrogen) atoms. The number of halogens is 4. The maximum Gasteiger partial charge on any atom is 0.309 e. The van der Waals surface area contributed by atoms with Gasteiger partial charge >= 0.3 is 5.97 Å². The van der Waals surface area contributed by atoms with Crippen molar-refractivity contribution in [1.82, 2.24) is 9.88 Å². The van der Waals surface area contributed by atoms with Crippen molar-refractivity contribution in [2.24, 2.45) is 5.41 Å². The molecule has 0 spiro atoms. The topological polar surface area (TPSA) is 62.7 Å². The van der Waals surface area contributed by atoms with Crippen LogP contribution < -0.4 is 4.74 Å². The third kappa shape index (κ3) is 6.07. The van der Waals surface area contributed by atoms with Gasteiger partial charge in [-0.15, -0.1) is 11.8 Å². The van der Waals surface area contributed by atoms with Crippen molar-refractivity contribution in [2.75, 3.05) is 32.5 Å². The molecule has 2 aromatic carbocycles. The second kappa shape index (κ2) is 11.9. The van der Waals surface area contributed by atoms with Crippen molar-refractivity contribution in [2.45, 2.75) is 43.7 Å². The molecule has 0 radical (unpaired) electrons. The van der Waals surface area contributed by atoms with E-state index in [4.69, 9.17) is 4.74 Å². The number of fused-ring (bicyclic) bond motifs is 1. The molecule has 0 bridgehead atoms. The number of benzene rings is 2. The zero-order chi connectivity index (χ0) is 27.4. The fourth-order valence-electron chi connectivity index (χ4n) is 5.08. The van der Waals surface area contributed by atoms with E-state index in [-0.39, 0.29) is 17.7 Å². The Morgan fingerprint density at radius 1 is 1.21 bits per heavy atom. The Morgan fingerprint density at radius 2 is 1.95 bits per heavy atom. The summed E-state index contributed by atoms with van der Waals surface area (Å²) in [6.45, 7) is 3.27. The molecule has 1 atom stereocenters. The highest BCUT2D eigenvalue weighted by atomic mass is 32.2. The van der Waals surface area contributed by atoms with Gasteiger partial charge in [-0.25, -0.2) is 17.6 Å². The number of alkyl halides is 1. The quantitative estimate of drug-likeness (QED) is 0.172. The molecule has 0 amide bonds. The van der Waals surface area contributed by atoms with Crippen molar-refractivity contribution in [1.29, 1.82) is 0 Å². The van der Waals surface area contributed by atoms with E-state index in [1.807, 2.05) is 4.90 Å². The highest BCUT2D eigenvalue weighted by molar-refractivity contribution is 7.99. The Bertz CT molecular complexity index is 1310. The van der Waals surface area contributed by atoms with Crippen LogP contribution in [-0.2, 0) is 4.79 Å². The lowest BCUT2D eigenvalue weighted by Gasteiger charge is -2.39. The van der Waals surface area contributed by atoms with Crippen molar-refractivity contribution in [3.8, 4) is 5.75 Å². The first kappa shape index (κ1) is 28.2. The molecule has 3 aromatic rings. The van der Waals surface area contributed by atoms with E-state index in [2.05, 4.69) is 4.98 Å². The number of piperidine rings is 1. The average Bonchev–Trinajstić information content (AvgIpc) is 2.90. The Balaban J connectivity index is 1.37. The number of likely N-dealkylation sites (tertiary alicyclic amines) is 1. The number of ether oxygens (including phenoxy) is 1. The number of aromatic nitrogens is 1. The number of carbonyl (C=O) groups is 1. The van der Waals surface area contributed by atoms with Crippen LogP contribution in [0, 0.1) is 29.8 Å². The molecular formula is C28H30F4N2O3S. The van der Waals surface area contributed by atoms with Crippen molar-refractivity contribution in [3.05, 3.63) is 65.1 Å². The van der Waals surface area contributed by atoms with Crippen LogP contribution in [0.5, 0.6) is 5.75 Å². The minimum Gasteiger partial charge on any atom is -0.497 e. The zero-order valence-corrected chi connectivity index (χ0v) is 22.1. The molecule has 0 unspecified atom stereocenters. The first-order valence-electron chi connectivity index (χ1n) is 12.4. The average molecular weight is 551 g/mol. The lowest BCUT2D eigenvalue weighted by Crippen LogP contribution is -2.45. The monoisotopic (exact) mass is 550 g/mol. The fraction of sp³-hybridized carbons (Fsp3) is 0.429. The van der Waals surface area contributed by atoms with Gasteiger partial charge in [-0.1, -0.05) is 0 Å². The lowest BCUT2D eigenvalue weighted by atomic mass is 9.74. The third-order valence-corrected chi connectivity index (χ3v) is 8.39. The van der Waals surface area contributed by atoms with Gasteiger partial charge in [0.1, 0.15) is 17.7 Å². The summed E-state index contributed by atoms with van der Waals surface area (Å²) in [5, 5.41) is 10.7. The Morgan fingerprint density at radius 3 is 2.63 bits per heavy atom. The van der Waals surface area contributed by atoms with Gasteiger partial charge in [-0.3, -0.25) is 9.78 Å². The molecule has 0 saturated carbocycles. The van der Waals surface area contributed by atoms with Crippen LogP contribution in [0.15, 0.2) is 41.4 Å². The van der Waals surface area contributed by atoms with Crippen LogP contribution in [0.2, 0.25) is 0 Å². The van der Waals surface area contributed by atoms with Gasteiger partial charge in [0, 0.05) is 34.8 Å². The van der Waals surface area contributed by atoms with E-state index in [9.17, 15) is 23.1 Å². The fourth-order valence-corrected chi connectivity index (χ4v) is 6.07. The minimum atomic E-state index is -1.36. The number of methoxy groups -OCH3 is 1. The van der Waals surface area contributed by atoms with E-state index in [0.29, 0.717) is 72.1 Å². The molecule has 1 N–H and O–H groups in total. The largest absolute Gasteiger partial charge is 0.497 e. The number of rotatable bonds is 10. The van der Waals surface area contributed by atoms with Gasteiger partial charge in [0.25, 0.3) is 0 Å². The molecule has 204 valence electrons. The van der Waals surface area contributed by atoms with E-state index in [0.717, 1.165) is 17.8 Å². The summed E-state index contributed by atoms with van der Waals surface area (Å²) >= 11 is 1.02. The van der Waals surface area contributed by atoms with Crippen molar-refractivity contribution < 1.29 is 32.2 Å². The van der Waals surface area contributed by atoms with Gasteiger partial charge in [-0.05, 0) is 81.1 Å². The summed E-state index contributed by atoms with van der Waals surface area (Å²) in [4.78, 5) is 18.6. The molecule has 2 heterocycles. The number of hydrogen-bond acceptors (Lipinski definition) is 5. The standard InChI is InChI=1S/C28H30F4N2O3S/c1-17-16-33-23-4-3-19(37-2)15-20(23)25(17)21(30)5-6-28(27(35)36)7-9-34(10-8-28)11-12-38-24-14-18(29)13-22(31)26(24)32/h3-4,13-16,21H,5-12H2,1-2H3,(H,35,36)/t21-/m1/s1. The second-order valence-corrected chi connectivity index (χ2v) is 10.9. The van der Waals surface area contributed by atoms with E-state index in [1.165, 1.54) is 7.11 Å². The molecule has 1 fully saturated rings. The number of aryl methyl sites for hydroxylation is 1. The normalized spacial score (nSPS) is 16.5. The highest BCUT2D eigenvalue weighted by Crippen LogP contribution is 2.41. The molecular weight excluding hydrogens is 520 g/mol. The Labute approximate surface area is 223 Å². The van der Waals surface area contributed by atoms with Gasteiger partial charge in [0.2, 0.25) is 0 Å². The summed E-state index contributed by atoms with van der Waals surface area (Å²) in [5.41, 5.74) is 0.809. The minimum absolute atomic E-state index is 0.0593. The predicted octanol–water partition coefficient (Wildman–Crippen LogP) is 6.72. The second-order valence-electron chi connectivity index (χ2n) is 9.72. The maximum atomic E-state index is 15.7. The smallest absolute Gasteiger partial charge is 0.309 e. The number of aliphatic carboxylic acids is 1. The summed E-state index contributed by atoms with van der Waals surface area (Å²) in [6, 6.07) is 6.76. The van der Waals surface area contributed by atoms with E-state index in [1.54, 1.807) is 31.3 Å². The van der Waals surface area contributed by atoms with Crippen LogP contribution in [0.25, 0.3) is 10.9 Å². The van der Waals surface area contributed by atoms with Crippen LogP contribution in [0.1, 0.15) is 43.0 Å². The third-order valence-electron chi connectivity index (χ3n) is 7.40. The van der Waals surface area contributed by atoms with E-state index < -0.39 is 35.0 Å². The Kier molecular flexibility index (Phi) is 8.82. The van der Waals surface area contributed by atoms with Crippen LogP contribution >= 0.6 is 11.8 Å². The van der Waals surface area contributed by atoms with Crippen molar-refractivity contribution >= 4 is 28.6 Å². The van der Waals surface area contributed by atoms with E-state index >= 15 is 4.39 Å². The summed E-state index contributed by atoms with van der Waals surface area (Å²) < 4.78 is 61.7. The van der Waals surface area contributed by atoms with Crippen LogP contribution in [0.3, 0.4) is 0 Å². The molecule has 10 heteroatoms. The Hall–Kier alpha value is -2.85. The van der Waals surface area contributed by atoms with Crippen LogP contribution in [0.4, 0.5) is 17.6 Å². The number of carboxylic acid groups (broad SMARTS) is 1. The molecule has 0 aliphatic carbocycles. The molecule has 4 rings (SSSR count). The first-order chi connectivity index (χ1) is 18.1. The maximum absolute atomic E-state index is 15.7. The van der Waals surface area contributed by atoms with Gasteiger partial charge in [-0.2, -0.15) is 0 Å². The number of carboxylic acids is 1. The molecule has 1 saturated heterocycles. The predicted molar refractivity (Wildman–Crippen MR) is 139 cm³/mol. The first-order valence-corrected chi connectivity index (χ1v) is 13.4. The number of thioether (sulfide) groups is 1. The number of hydrogen-bond donors (Lipinski definition) is 1. The van der Waals surface area contributed by atoms with Gasteiger partial charge in [0.05, 0.1) is 18.0 Å². The summed E-state index contributed by atoms with van der Waals surface area (Å²) in [6.07, 6.45) is 1.22. The molecule has 1 aromatic heterocycles. The molecule has 1 aliphatic rings. The van der Waals surface area contributed by atoms with Gasteiger partial charge < -0.3 is 14.7 Å². The van der Waals surface area contributed by atoms with Crippen LogP contribution in [-0.4, -0.2) is 53.5 Å². The SMILES string of the molecule is COc1ccc2ncc(C)c([C@H](F)CCC3(C(=O)O)CCN(CCSc4cc(F)cc(F)c4F)CC3)c2c1. The zero-order valence-electron chi connectivity index (χ0n) is 21.3. The summed E-state index contributed by atoms with van der Waals surface area (Å²) in [7, 11) is 1.54. The van der Waals surface area contributed by atoms with Crippen molar-refractivity contribution in [3.63, 3.8) is 0 Å². The molecule has 5 nitrogen and oxygen atoms in total. The summed E-state index contributed by atoms with van der Waals surface area (Å²) in [5.74, 6) is -3.08. The molecule has 1 aliphatic heterocycles. The lowest BCUT2D eigenvalue weighted by molar-refractivity contribution is -0.153.